The fourth-order valence-electron chi connectivity index (χ4n) is 4.42. The number of hydrogen-bond acceptors (Lipinski definition) is 7. The van der Waals surface area contributed by atoms with E-state index in [0.29, 0.717) is 41.9 Å². The quantitative estimate of drug-likeness (QED) is 0.423. The molecule has 5 rings (SSSR count). The van der Waals surface area contributed by atoms with E-state index < -0.39 is 17.7 Å². The molecule has 3 aromatic heterocycles. The highest BCUT2D eigenvalue weighted by Gasteiger charge is 2.33. The molecule has 2 atom stereocenters. The molecule has 1 saturated carbocycles. The Balaban J connectivity index is 1.49. The molecule has 35 heavy (non-hydrogen) atoms. The van der Waals surface area contributed by atoms with Crippen LogP contribution in [0.2, 0.25) is 0 Å². The first-order valence-corrected chi connectivity index (χ1v) is 11.1. The van der Waals surface area contributed by atoms with Gasteiger partial charge in [-0.3, -0.25) is 9.48 Å². The Morgan fingerprint density at radius 2 is 2.03 bits per heavy atom. The first kappa shape index (κ1) is 22.6. The molecular formula is C24H22F2N6O3. The summed E-state index contributed by atoms with van der Waals surface area (Å²) in [4.78, 5) is 21.5. The van der Waals surface area contributed by atoms with Crippen molar-refractivity contribution >= 4 is 11.8 Å². The normalized spacial score (nSPS) is 17.6. The maximum atomic E-state index is 14.7. The Labute approximate surface area is 199 Å². The zero-order valence-electron chi connectivity index (χ0n) is 18.8. The number of carbonyl (C=O) groups is 1. The van der Waals surface area contributed by atoms with E-state index in [9.17, 15) is 18.7 Å². The first-order valence-electron chi connectivity index (χ1n) is 11.1. The molecule has 4 aromatic rings. The minimum atomic E-state index is -0.842. The van der Waals surface area contributed by atoms with E-state index >= 15 is 0 Å². The third kappa shape index (κ3) is 4.48. The van der Waals surface area contributed by atoms with Crippen molar-refractivity contribution in [1.82, 2.24) is 24.9 Å². The van der Waals surface area contributed by atoms with Crippen molar-refractivity contribution in [2.75, 3.05) is 11.9 Å². The molecule has 0 amide bonds. The largest absolute Gasteiger partial charge is 0.481 e. The maximum Gasteiger partial charge on any atom is 0.306 e. The lowest BCUT2D eigenvalue weighted by atomic mass is 10.1. The van der Waals surface area contributed by atoms with E-state index in [1.54, 1.807) is 47.0 Å². The van der Waals surface area contributed by atoms with E-state index in [0.717, 1.165) is 6.20 Å². The smallest absolute Gasteiger partial charge is 0.306 e. The van der Waals surface area contributed by atoms with Gasteiger partial charge in [0, 0.05) is 24.7 Å². The van der Waals surface area contributed by atoms with Gasteiger partial charge in [-0.1, -0.05) is 23.4 Å². The van der Waals surface area contributed by atoms with Crippen LogP contribution >= 0.6 is 0 Å². The number of hydrogen-bond donors (Lipinski definition) is 1. The van der Waals surface area contributed by atoms with Gasteiger partial charge in [-0.2, -0.15) is 5.10 Å². The number of carboxylic acids is 1. The minimum Gasteiger partial charge on any atom is -0.481 e. The lowest BCUT2D eigenvalue weighted by Crippen LogP contribution is -2.31. The molecule has 0 saturated heterocycles. The number of benzene rings is 1. The number of aromatic nitrogens is 5. The fraction of sp³-hybridized carbons (Fsp3) is 0.292. The molecule has 0 unspecified atom stereocenters. The standard InChI is InChI=1S/C24H22F2N6O3/c1-31(16-7-6-14(10-16)24(33)34)23-18(26)12-27-22(28-23)20-11-21(19-8-9-35-30-19)32(29-20)13-15-4-2-3-5-17(15)25/h2-5,8-9,11-12,14,16H,6-7,10,13H2,1H3,(H,33,34)/t14-,16+/m0/s1. The Bertz CT molecular complexity index is 1360. The molecule has 0 aliphatic heterocycles. The van der Waals surface area contributed by atoms with Gasteiger partial charge in [-0.25, -0.2) is 18.7 Å². The highest BCUT2D eigenvalue weighted by Crippen LogP contribution is 2.33. The number of anilines is 1. The van der Waals surface area contributed by atoms with Gasteiger partial charge in [0.1, 0.15) is 23.5 Å². The van der Waals surface area contributed by atoms with Crippen LogP contribution in [0.4, 0.5) is 14.6 Å². The van der Waals surface area contributed by atoms with Crippen molar-refractivity contribution in [3.8, 4) is 22.9 Å². The van der Waals surface area contributed by atoms with Crippen LogP contribution in [0.5, 0.6) is 0 Å². The zero-order valence-corrected chi connectivity index (χ0v) is 18.8. The Morgan fingerprint density at radius 1 is 1.20 bits per heavy atom. The summed E-state index contributed by atoms with van der Waals surface area (Å²) in [5, 5.41) is 17.8. The van der Waals surface area contributed by atoms with E-state index in [1.807, 2.05) is 0 Å². The Hall–Kier alpha value is -4.15. The van der Waals surface area contributed by atoms with Crippen molar-refractivity contribution < 1.29 is 23.2 Å². The van der Waals surface area contributed by atoms with Crippen LogP contribution in [0.15, 0.2) is 53.4 Å². The minimum absolute atomic E-state index is 0.0673. The molecule has 9 nitrogen and oxygen atoms in total. The van der Waals surface area contributed by atoms with Crippen LogP contribution in [-0.2, 0) is 11.3 Å². The van der Waals surface area contributed by atoms with Gasteiger partial charge in [-0.05, 0) is 31.4 Å². The summed E-state index contributed by atoms with van der Waals surface area (Å²) in [6.07, 6.45) is 4.07. The molecule has 180 valence electrons. The third-order valence-corrected chi connectivity index (χ3v) is 6.35. The van der Waals surface area contributed by atoms with Crippen LogP contribution < -0.4 is 4.90 Å². The van der Waals surface area contributed by atoms with Crippen LogP contribution in [0.3, 0.4) is 0 Å². The molecule has 11 heteroatoms. The molecule has 3 heterocycles. The van der Waals surface area contributed by atoms with Crippen LogP contribution in [-0.4, -0.2) is 49.1 Å². The lowest BCUT2D eigenvalue weighted by molar-refractivity contribution is -0.141. The summed E-state index contributed by atoms with van der Waals surface area (Å²) in [5.74, 6) is -2.03. The second-order valence-electron chi connectivity index (χ2n) is 8.53. The summed E-state index contributed by atoms with van der Waals surface area (Å²) in [5.41, 5.74) is 1.83. The van der Waals surface area contributed by atoms with Gasteiger partial charge in [-0.15, -0.1) is 0 Å². The number of nitrogens with zero attached hydrogens (tertiary/aromatic N) is 6. The summed E-state index contributed by atoms with van der Waals surface area (Å²) in [6, 6.07) is 9.57. The van der Waals surface area contributed by atoms with E-state index in [1.165, 1.54) is 12.3 Å². The van der Waals surface area contributed by atoms with Gasteiger partial charge in [0.25, 0.3) is 0 Å². The van der Waals surface area contributed by atoms with Gasteiger partial charge in [0.2, 0.25) is 0 Å². The van der Waals surface area contributed by atoms with E-state index in [-0.39, 0.29) is 30.0 Å². The van der Waals surface area contributed by atoms with Crippen molar-refractivity contribution in [2.45, 2.75) is 31.8 Å². The molecular weight excluding hydrogens is 458 g/mol. The summed E-state index contributed by atoms with van der Waals surface area (Å²) >= 11 is 0. The Morgan fingerprint density at radius 3 is 2.74 bits per heavy atom. The lowest BCUT2D eigenvalue weighted by Gasteiger charge is -2.26. The molecule has 0 bridgehead atoms. The molecule has 1 fully saturated rings. The van der Waals surface area contributed by atoms with Crippen molar-refractivity contribution in [3.63, 3.8) is 0 Å². The average Bonchev–Trinajstić information content (AvgIpc) is 3.61. The van der Waals surface area contributed by atoms with Crippen LogP contribution in [0.1, 0.15) is 24.8 Å². The van der Waals surface area contributed by atoms with E-state index in [4.69, 9.17) is 4.52 Å². The van der Waals surface area contributed by atoms with Crippen molar-refractivity contribution in [1.29, 1.82) is 0 Å². The monoisotopic (exact) mass is 480 g/mol. The summed E-state index contributed by atoms with van der Waals surface area (Å²) in [7, 11) is 1.70. The second kappa shape index (κ2) is 9.24. The average molecular weight is 480 g/mol. The molecule has 0 spiro atoms. The van der Waals surface area contributed by atoms with Gasteiger partial charge in [0.15, 0.2) is 17.5 Å². The molecule has 0 radical (unpaired) electrons. The number of rotatable bonds is 7. The highest BCUT2D eigenvalue weighted by atomic mass is 19.1. The first-order chi connectivity index (χ1) is 16.9. The SMILES string of the molecule is CN(c1nc(-c2cc(-c3ccon3)n(Cc3ccccc3F)n2)ncc1F)[C@@H]1CC[C@H](C(=O)O)C1. The van der Waals surface area contributed by atoms with E-state index in [2.05, 4.69) is 20.2 Å². The van der Waals surface area contributed by atoms with Crippen LogP contribution in [0, 0.1) is 17.6 Å². The number of halogens is 2. The van der Waals surface area contributed by atoms with Crippen molar-refractivity contribution in [3.05, 3.63) is 66.1 Å². The van der Waals surface area contributed by atoms with Gasteiger partial charge < -0.3 is 14.5 Å². The molecule has 1 aliphatic rings. The molecule has 1 aliphatic carbocycles. The summed E-state index contributed by atoms with van der Waals surface area (Å²) < 4.78 is 35.6. The number of carboxylic acid groups (broad SMARTS) is 1. The Kier molecular flexibility index (Phi) is 5.98. The van der Waals surface area contributed by atoms with Crippen LogP contribution in [0.25, 0.3) is 22.9 Å². The van der Waals surface area contributed by atoms with Gasteiger partial charge >= 0.3 is 5.97 Å². The topological polar surface area (TPSA) is 110 Å². The highest BCUT2D eigenvalue weighted by molar-refractivity contribution is 5.70. The van der Waals surface area contributed by atoms with Gasteiger partial charge in [0.05, 0.1) is 24.4 Å². The third-order valence-electron chi connectivity index (χ3n) is 6.35. The predicted octanol–water partition coefficient (Wildman–Crippen LogP) is 4.01. The predicted molar refractivity (Wildman–Crippen MR) is 121 cm³/mol. The maximum absolute atomic E-state index is 14.7. The fourth-order valence-corrected chi connectivity index (χ4v) is 4.42. The van der Waals surface area contributed by atoms with Crippen molar-refractivity contribution in [2.24, 2.45) is 5.92 Å². The number of aliphatic carboxylic acids is 1. The second-order valence-corrected chi connectivity index (χ2v) is 8.53. The zero-order chi connectivity index (χ0) is 24.5. The molecule has 1 aromatic carbocycles. The summed E-state index contributed by atoms with van der Waals surface area (Å²) in [6.45, 7) is 0.126. The molecule has 1 N–H and O–H groups in total.